The summed E-state index contributed by atoms with van der Waals surface area (Å²) < 4.78 is 36.2. The van der Waals surface area contributed by atoms with Crippen molar-refractivity contribution in [1.29, 1.82) is 0 Å². The van der Waals surface area contributed by atoms with Crippen LogP contribution >= 0.6 is 0 Å². The molecule has 9 nitrogen and oxygen atoms in total. The Kier molecular flexibility index (Phi) is 14.2. The molecule has 0 amide bonds. The van der Waals surface area contributed by atoms with E-state index in [4.69, 9.17) is 4.12 Å². The molecule has 0 fully saturated rings. The van der Waals surface area contributed by atoms with E-state index in [9.17, 15) is 18.5 Å². The number of sulfonamides is 1. The van der Waals surface area contributed by atoms with E-state index >= 15 is 0 Å². The van der Waals surface area contributed by atoms with Gasteiger partial charge in [0, 0.05) is 23.9 Å². The number of quaternary nitrogens is 1. The van der Waals surface area contributed by atoms with Crippen LogP contribution in [-0.2, 0) is 20.7 Å². The van der Waals surface area contributed by atoms with Gasteiger partial charge in [-0.1, -0.05) is 45.7 Å². The van der Waals surface area contributed by atoms with Gasteiger partial charge in [0.05, 0.1) is 30.5 Å². The van der Waals surface area contributed by atoms with Gasteiger partial charge in [-0.3, -0.25) is 10.1 Å². The van der Waals surface area contributed by atoms with Crippen LogP contribution in [0.3, 0.4) is 0 Å². The molecule has 2 aromatic carbocycles. The molecule has 0 saturated heterocycles. The maximum Gasteiger partial charge on any atom is 0.294 e. The number of nitro benzene ring substituents is 1. The Labute approximate surface area is 268 Å². The fraction of sp³-hybridized carbons (Fsp3) is 0.625. The van der Waals surface area contributed by atoms with Crippen molar-refractivity contribution in [2.24, 2.45) is 5.92 Å². The summed E-state index contributed by atoms with van der Waals surface area (Å²) in [5.74, 6) is 0.684. The molecule has 44 heavy (non-hydrogen) atoms. The van der Waals surface area contributed by atoms with E-state index in [0.29, 0.717) is 12.3 Å². The van der Waals surface area contributed by atoms with E-state index in [-0.39, 0.29) is 22.8 Å². The number of unbranched alkanes of at least 4 members (excludes halogenated alkanes) is 1. The van der Waals surface area contributed by atoms with Crippen LogP contribution in [0.4, 0.5) is 17.1 Å². The zero-order valence-electron chi connectivity index (χ0n) is 28.5. The maximum atomic E-state index is 13.1. The highest BCUT2D eigenvalue weighted by Gasteiger charge is 2.32. The first-order valence-corrected chi connectivity index (χ1v) is 23.7. The molecule has 0 aliphatic rings. The zero-order valence-corrected chi connectivity index (χ0v) is 31.4. The standard InChI is InChI=1S/C32H57N4O5SSi2/c1-10-11-22-43(6,7)41-44(8,9)23-14-20-33-42(39,40)30-18-19-31(32(25-30)35(37)38)34-29-17-12-16-28(24-29)26-36(4,5)21-13-15-27(2)3/h12,16-19,24-25,27,33-34H,10-11,13-15,20-23,26H2,1-9H3/q+1. The van der Waals surface area contributed by atoms with Gasteiger partial charge in [-0.15, -0.1) is 0 Å². The van der Waals surface area contributed by atoms with Gasteiger partial charge in [0.1, 0.15) is 12.2 Å². The van der Waals surface area contributed by atoms with Gasteiger partial charge in [0.2, 0.25) is 10.0 Å². The second-order valence-electron chi connectivity index (χ2n) is 14.3. The summed E-state index contributed by atoms with van der Waals surface area (Å²) >= 11 is 0. The molecular weight excluding hydrogens is 609 g/mol. The monoisotopic (exact) mass is 665 g/mol. The minimum atomic E-state index is -3.91. The van der Waals surface area contributed by atoms with Gasteiger partial charge in [0.15, 0.2) is 16.6 Å². The summed E-state index contributed by atoms with van der Waals surface area (Å²) in [6.45, 7) is 17.7. The third-order valence-electron chi connectivity index (χ3n) is 7.77. The van der Waals surface area contributed by atoms with Gasteiger partial charge >= 0.3 is 0 Å². The van der Waals surface area contributed by atoms with E-state index in [0.717, 1.165) is 59.8 Å². The van der Waals surface area contributed by atoms with Crippen molar-refractivity contribution in [3.05, 3.63) is 58.1 Å². The molecule has 0 aliphatic heterocycles. The van der Waals surface area contributed by atoms with Crippen LogP contribution in [-0.4, -0.2) is 61.6 Å². The first-order chi connectivity index (χ1) is 20.3. The number of hydrogen-bond donors (Lipinski definition) is 2. The third-order valence-corrected chi connectivity index (χ3v) is 16.8. The van der Waals surface area contributed by atoms with Crippen LogP contribution in [0.15, 0.2) is 47.4 Å². The van der Waals surface area contributed by atoms with Crippen molar-refractivity contribution in [1.82, 2.24) is 4.72 Å². The van der Waals surface area contributed by atoms with E-state index in [2.05, 4.69) is 77.2 Å². The van der Waals surface area contributed by atoms with Crippen molar-refractivity contribution < 1.29 is 21.9 Å². The first-order valence-electron chi connectivity index (χ1n) is 16.0. The zero-order chi connectivity index (χ0) is 33.2. The first kappa shape index (κ1) is 38.1. The van der Waals surface area contributed by atoms with E-state index in [1.165, 1.54) is 25.0 Å². The Morgan fingerprint density at radius 1 is 0.977 bits per heavy atom. The Morgan fingerprint density at radius 3 is 2.25 bits per heavy atom. The Morgan fingerprint density at radius 2 is 1.64 bits per heavy atom. The van der Waals surface area contributed by atoms with E-state index in [1.807, 2.05) is 18.2 Å². The van der Waals surface area contributed by atoms with Gasteiger partial charge < -0.3 is 13.9 Å². The minimum Gasteiger partial charge on any atom is -0.455 e. The topological polar surface area (TPSA) is 111 Å². The van der Waals surface area contributed by atoms with Crippen LogP contribution in [0.25, 0.3) is 0 Å². The van der Waals surface area contributed by atoms with Crippen molar-refractivity contribution in [3.8, 4) is 0 Å². The predicted octanol–water partition coefficient (Wildman–Crippen LogP) is 8.25. The smallest absolute Gasteiger partial charge is 0.294 e. The number of nitrogens with zero attached hydrogens (tertiary/aromatic N) is 2. The van der Waals surface area contributed by atoms with Gasteiger partial charge in [-0.05, 0) is 87.7 Å². The average Bonchev–Trinajstić information content (AvgIpc) is 2.89. The second kappa shape index (κ2) is 16.5. The largest absolute Gasteiger partial charge is 0.455 e. The molecule has 0 unspecified atom stereocenters. The van der Waals surface area contributed by atoms with Gasteiger partial charge in [0.25, 0.3) is 5.69 Å². The van der Waals surface area contributed by atoms with Crippen LogP contribution in [0.5, 0.6) is 0 Å². The van der Waals surface area contributed by atoms with Crippen molar-refractivity contribution in [2.75, 3.05) is 32.5 Å². The molecule has 2 aromatic rings. The lowest BCUT2D eigenvalue weighted by Crippen LogP contribution is -2.44. The molecule has 12 heteroatoms. The average molecular weight is 666 g/mol. The van der Waals surface area contributed by atoms with Crippen molar-refractivity contribution in [3.63, 3.8) is 0 Å². The highest BCUT2D eigenvalue weighted by molar-refractivity contribution is 7.89. The summed E-state index contributed by atoms with van der Waals surface area (Å²) in [4.78, 5) is 11.3. The van der Waals surface area contributed by atoms with Gasteiger partial charge in [-0.2, -0.15) is 0 Å². The maximum absolute atomic E-state index is 13.1. The summed E-state index contributed by atoms with van der Waals surface area (Å²) in [6.07, 6.45) is 5.34. The molecule has 2 rings (SSSR count). The predicted molar refractivity (Wildman–Crippen MR) is 188 cm³/mol. The molecule has 0 bridgehead atoms. The highest BCUT2D eigenvalue weighted by Crippen LogP contribution is 2.31. The van der Waals surface area contributed by atoms with Crippen molar-refractivity contribution >= 4 is 43.7 Å². The quantitative estimate of drug-likeness (QED) is 0.0485. The molecule has 0 atom stereocenters. The minimum absolute atomic E-state index is 0.121. The molecule has 0 aromatic heterocycles. The molecule has 0 aliphatic carbocycles. The fourth-order valence-electron chi connectivity index (χ4n) is 5.60. The molecule has 0 radical (unpaired) electrons. The normalized spacial score (nSPS) is 13.0. The summed E-state index contributed by atoms with van der Waals surface area (Å²) in [7, 11) is -3.15. The number of benzene rings is 2. The number of hydrogen-bond acceptors (Lipinski definition) is 6. The Balaban J connectivity index is 2.07. The highest BCUT2D eigenvalue weighted by atomic mass is 32.2. The van der Waals surface area contributed by atoms with Crippen LogP contribution in [0.2, 0.25) is 38.3 Å². The fourth-order valence-corrected chi connectivity index (χ4v) is 15.7. The molecular formula is C32H57N4O5SSi2+. The summed E-state index contributed by atoms with van der Waals surface area (Å²) in [6, 6.07) is 13.9. The number of rotatable bonds is 20. The number of nitro groups is 1. The lowest BCUT2D eigenvalue weighted by molar-refractivity contribution is -0.903. The lowest BCUT2D eigenvalue weighted by Gasteiger charge is -2.34. The number of nitrogens with one attached hydrogen (secondary N) is 2. The van der Waals surface area contributed by atoms with Crippen LogP contribution in [0, 0.1) is 16.0 Å². The van der Waals surface area contributed by atoms with Crippen LogP contribution in [0.1, 0.15) is 58.4 Å². The lowest BCUT2D eigenvalue weighted by atomic mass is 10.1. The Hall–Kier alpha value is -2.10. The SMILES string of the molecule is CCCC[Si](C)(C)O[Si](C)(C)CCCNS(=O)(=O)c1ccc(Nc2cccc(C[N+](C)(C)CCCC(C)C)c2)c([N+](=O)[O-])c1. The molecule has 2 N–H and O–H groups in total. The molecule has 0 saturated carbocycles. The van der Waals surface area contributed by atoms with Gasteiger partial charge in [-0.25, -0.2) is 13.1 Å². The second-order valence-corrected chi connectivity index (χ2v) is 25.0. The van der Waals surface area contributed by atoms with Crippen molar-refractivity contribution in [2.45, 2.75) is 103 Å². The van der Waals surface area contributed by atoms with E-state index < -0.39 is 31.6 Å². The molecule has 0 heterocycles. The summed E-state index contributed by atoms with van der Waals surface area (Å²) in [5, 5.41) is 15.1. The van der Waals surface area contributed by atoms with E-state index in [1.54, 1.807) is 0 Å². The number of anilines is 2. The molecule has 0 spiro atoms. The third kappa shape index (κ3) is 13.5. The Bertz CT molecular complexity index is 1330. The molecule has 248 valence electrons. The van der Waals surface area contributed by atoms with Crippen LogP contribution < -0.4 is 10.0 Å². The summed E-state index contributed by atoms with van der Waals surface area (Å²) in [5.41, 5.74) is 1.80.